The van der Waals surface area contributed by atoms with Crippen molar-refractivity contribution >= 4 is 5.91 Å². The van der Waals surface area contributed by atoms with Crippen LogP contribution in [0.1, 0.15) is 26.7 Å². The van der Waals surface area contributed by atoms with Crippen LogP contribution in [0, 0.1) is 0 Å². The third-order valence-electron chi connectivity index (χ3n) is 4.52. The van der Waals surface area contributed by atoms with Crippen molar-refractivity contribution < 1.29 is 14.6 Å². The van der Waals surface area contributed by atoms with Gasteiger partial charge in [-0.05, 0) is 19.8 Å². The summed E-state index contributed by atoms with van der Waals surface area (Å²) in [7, 11) is 0. The van der Waals surface area contributed by atoms with E-state index in [1.807, 2.05) is 11.8 Å². The number of aliphatic hydroxyl groups excluding tert-OH is 1. The molecule has 0 saturated carbocycles. The lowest BCUT2D eigenvalue weighted by molar-refractivity contribution is -0.136. The second-order valence-corrected chi connectivity index (χ2v) is 5.93. The van der Waals surface area contributed by atoms with Crippen molar-refractivity contribution in [2.24, 2.45) is 0 Å². The largest absolute Gasteiger partial charge is 0.392 e. The molecule has 6 heteroatoms. The Morgan fingerprint density at radius 3 is 2.81 bits per heavy atom. The summed E-state index contributed by atoms with van der Waals surface area (Å²) in [5.41, 5.74) is 0. The van der Waals surface area contributed by atoms with Crippen LogP contribution in [0.5, 0.6) is 0 Å². The SMILES string of the molecule is CCOCCN1CCN(C(=O)C2CC(O)CN2)CC1CC. The van der Waals surface area contributed by atoms with E-state index in [1.54, 1.807) is 0 Å². The van der Waals surface area contributed by atoms with E-state index in [9.17, 15) is 9.90 Å². The highest BCUT2D eigenvalue weighted by atomic mass is 16.5. The average Bonchev–Trinajstić information content (AvgIpc) is 2.93. The molecule has 2 rings (SSSR count). The Morgan fingerprint density at radius 2 is 2.19 bits per heavy atom. The van der Waals surface area contributed by atoms with Gasteiger partial charge in [-0.3, -0.25) is 9.69 Å². The minimum absolute atomic E-state index is 0.148. The zero-order valence-electron chi connectivity index (χ0n) is 13.3. The number of nitrogens with zero attached hydrogens (tertiary/aromatic N) is 2. The maximum Gasteiger partial charge on any atom is 0.239 e. The molecule has 2 aliphatic rings. The lowest BCUT2D eigenvalue weighted by Crippen LogP contribution is -2.57. The molecular formula is C15H29N3O3. The lowest BCUT2D eigenvalue weighted by Gasteiger charge is -2.41. The van der Waals surface area contributed by atoms with Crippen molar-refractivity contribution in [2.75, 3.05) is 45.9 Å². The molecule has 0 aromatic carbocycles. The first kappa shape index (κ1) is 16.7. The molecule has 2 aliphatic heterocycles. The van der Waals surface area contributed by atoms with E-state index in [4.69, 9.17) is 4.74 Å². The fourth-order valence-corrected chi connectivity index (χ4v) is 3.23. The highest BCUT2D eigenvalue weighted by Gasteiger charge is 2.34. The molecular weight excluding hydrogens is 270 g/mol. The highest BCUT2D eigenvalue weighted by molar-refractivity contribution is 5.82. The molecule has 3 unspecified atom stereocenters. The molecule has 2 heterocycles. The van der Waals surface area contributed by atoms with Gasteiger partial charge in [0.2, 0.25) is 5.91 Å². The Hall–Kier alpha value is -0.690. The molecule has 122 valence electrons. The molecule has 21 heavy (non-hydrogen) atoms. The number of piperazine rings is 1. The third kappa shape index (κ3) is 4.39. The van der Waals surface area contributed by atoms with E-state index in [0.29, 0.717) is 19.0 Å². The van der Waals surface area contributed by atoms with E-state index in [0.717, 1.165) is 45.8 Å². The number of β-amino-alcohol motifs (C(OH)–C–C–N with tert-alkyl or cyclic N) is 1. The summed E-state index contributed by atoms with van der Waals surface area (Å²) in [6.45, 7) is 9.64. The van der Waals surface area contributed by atoms with Crippen LogP contribution >= 0.6 is 0 Å². The van der Waals surface area contributed by atoms with Crippen molar-refractivity contribution in [3.8, 4) is 0 Å². The van der Waals surface area contributed by atoms with Crippen LogP contribution in [0.25, 0.3) is 0 Å². The predicted molar refractivity (Wildman–Crippen MR) is 81.1 cm³/mol. The van der Waals surface area contributed by atoms with Gasteiger partial charge in [0, 0.05) is 45.4 Å². The van der Waals surface area contributed by atoms with Crippen LogP contribution in [-0.4, -0.2) is 84.9 Å². The minimum atomic E-state index is -0.381. The molecule has 0 spiro atoms. The molecule has 0 aromatic heterocycles. The van der Waals surface area contributed by atoms with E-state index in [1.165, 1.54) is 0 Å². The number of amides is 1. The third-order valence-corrected chi connectivity index (χ3v) is 4.52. The first-order chi connectivity index (χ1) is 10.2. The second-order valence-electron chi connectivity index (χ2n) is 5.93. The van der Waals surface area contributed by atoms with Gasteiger partial charge in [-0.1, -0.05) is 6.92 Å². The number of ether oxygens (including phenoxy) is 1. The Balaban J connectivity index is 1.83. The number of carbonyl (C=O) groups is 1. The first-order valence-electron chi connectivity index (χ1n) is 8.17. The summed E-state index contributed by atoms with van der Waals surface area (Å²) < 4.78 is 5.44. The van der Waals surface area contributed by atoms with Crippen molar-refractivity contribution in [1.82, 2.24) is 15.1 Å². The fraction of sp³-hybridized carbons (Fsp3) is 0.933. The molecule has 2 saturated heterocycles. The zero-order chi connectivity index (χ0) is 15.2. The summed E-state index contributed by atoms with van der Waals surface area (Å²) in [4.78, 5) is 16.9. The average molecular weight is 299 g/mol. The number of carbonyl (C=O) groups excluding carboxylic acids is 1. The Morgan fingerprint density at radius 1 is 1.38 bits per heavy atom. The molecule has 2 fully saturated rings. The fourth-order valence-electron chi connectivity index (χ4n) is 3.23. The van der Waals surface area contributed by atoms with Crippen LogP contribution in [-0.2, 0) is 9.53 Å². The summed E-state index contributed by atoms with van der Waals surface area (Å²) in [6.07, 6.45) is 1.20. The number of nitrogens with one attached hydrogen (secondary N) is 1. The molecule has 0 bridgehead atoms. The van der Waals surface area contributed by atoms with E-state index in [-0.39, 0.29) is 18.1 Å². The Labute approximate surface area is 127 Å². The molecule has 1 amide bonds. The van der Waals surface area contributed by atoms with Crippen molar-refractivity contribution in [3.63, 3.8) is 0 Å². The standard InChI is InChI=1S/C15H29N3O3/c1-3-12-11-18(6-5-17(12)7-8-21-4-2)15(20)14-9-13(19)10-16-14/h12-14,16,19H,3-11H2,1-2H3. The van der Waals surface area contributed by atoms with Crippen LogP contribution in [0.2, 0.25) is 0 Å². The van der Waals surface area contributed by atoms with E-state index < -0.39 is 0 Å². The van der Waals surface area contributed by atoms with Gasteiger partial charge in [0.05, 0.1) is 18.8 Å². The number of aliphatic hydroxyl groups is 1. The molecule has 0 aromatic rings. The summed E-state index contributed by atoms with van der Waals surface area (Å²) in [5, 5.41) is 12.7. The molecule has 0 radical (unpaired) electrons. The Bertz CT molecular complexity index is 340. The number of hydrogen-bond acceptors (Lipinski definition) is 5. The van der Waals surface area contributed by atoms with Gasteiger partial charge in [0.25, 0.3) is 0 Å². The number of rotatable bonds is 6. The van der Waals surface area contributed by atoms with Gasteiger partial charge in [0.15, 0.2) is 0 Å². The maximum absolute atomic E-state index is 12.5. The second kappa shape index (κ2) is 8.08. The quantitative estimate of drug-likeness (QED) is 0.658. The maximum atomic E-state index is 12.5. The van der Waals surface area contributed by atoms with Crippen LogP contribution < -0.4 is 5.32 Å². The summed E-state index contributed by atoms with van der Waals surface area (Å²) in [6, 6.07) is 0.210. The first-order valence-corrected chi connectivity index (χ1v) is 8.17. The number of hydrogen-bond donors (Lipinski definition) is 2. The topological polar surface area (TPSA) is 65.0 Å². The van der Waals surface area contributed by atoms with Crippen LogP contribution in [0.15, 0.2) is 0 Å². The van der Waals surface area contributed by atoms with Crippen molar-refractivity contribution in [3.05, 3.63) is 0 Å². The van der Waals surface area contributed by atoms with Crippen LogP contribution in [0.3, 0.4) is 0 Å². The Kier molecular flexibility index (Phi) is 6.41. The monoisotopic (exact) mass is 299 g/mol. The minimum Gasteiger partial charge on any atom is -0.392 e. The predicted octanol–water partition coefficient (Wildman–Crippen LogP) is -0.331. The van der Waals surface area contributed by atoms with Gasteiger partial charge in [-0.25, -0.2) is 0 Å². The van der Waals surface area contributed by atoms with E-state index >= 15 is 0 Å². The van der Waals surface area contributed by atoms with Gasteiger partial charge in [-0.15, -0.1) is 0 Å². The van der Waals surface area contributed by atoms with E-state index in [2.05, 4.69) is 17.1 Å². The van der Waals surface area contributed by atoms with Crippen LogP contribution in [0.4, 0.5) is 0 Å². The summed E-state index contributed by atoms with van der Waals surface area (Å²) >= 11 is 0. The van der Waals surface area contributed by atoms with Crippen molar-refractivity contribution in [2.45, 2.75) is 44.9 Å². The van der Waals surface area contributed by atoms with Gasteiger partial charge >= 0.3 is 0 Å². The highest BCUT2D eigenvalue weighted by Crippen LogP contribution is 2.16. The lowest BCUT2D eigenvalue weighted by atomic mass is 10.1. The van der Waals surface area contributed by atoms with Gasteiger partial charge in [-0.2, -0.15) is 0 Å². The zero-order valence-corrected chi connectivity index (χ0v) is 13.3. The normalized spacial score (nSPS) is 30.8. The molecule has 2 N–H and O–H groups in total. The molecule has 0 aliphatic carbocycles. The molecule has 3 atom stereocenters. The van der Waals surface area contributed by atoms with Crippen molar-refractivity contribution in [1.29, 1.82) is 0 Å². The molecule has 6 nitrogen and oxygen atoms in total. The van der Waals surface area contributed by atoms with Gasteiger partial charge in [0.1, 0.15) is 0 Å². The summed E-state index contributed by atoms with van der Waals surface area (Å²) in [5.74, 6) is 0.148. The smallest absolute Gasteiger partial charge is 0.239 e. The van der Waals surface area contributed by atoms with Gasteiger partial charge < -0.3 is 20.1 Å².